The normalized spacial score (nSPS) is 23.7. The van der Waals surface area contributed by atoms with Crippen LogP contribution in [0.4, 0.5) is 0 Å². The minimum atomic E-state index is 0.131. The van der Waals surface area contributed by atoms with Crippen LogP contribution >= 0.6 is 0 Å². The van der Waals surface area contributed by atoms with Gasteiger partial charge in [0.15, 0.2) is 0 Å². The molecule has 0 spiro atoms. The van der Waals surface area contributed by atoms with E-state index < -0.39 is 0 Å². The van der Waals surface area contributed by atoms with Gasteiger partial charge < -0.3 is 10.9 Å². The molecule has 0 fully saturated rings. The Morgan fingerprint density at radius 3 is 2.62 bits per heavy atom. The minimum Gasteiger partial charge on any atom is -0.301 e. The molecule has 1 heterocycles. The van der Waals surface area contributed by atoms with E-state index in [-0.39, 0.29) is 5.41 Å². The van der Waals surface area contributed by atoms with Gasteiger partial charge in [-0.2, -0.15) is 0 Å². The highest BCUT2D eigenvalue weighted by molar-refractivity contribution is 5.50. The van der Waals surface area contributed by atoms with E-state index in [1.54, 1.807) is 0 Å². The third kappa shape index (κ3) is 1.39. The quantitative estimate of drug-likeness (QED) is 0.587. The Bertz CT molecular complexity index is 343. The first kappa shape index (κ1) is 8.17. The van der Waals surface area contributed by atoms with Crippen molar-refractivity contribution in [1.29, 1.82) is 0 Å². The fourth-order valence-corrected chi connectivity index (χ4v) is 1.41. The summed E-state index contributed by atoms with van der Waals surface area (Å²) in [6.07, 6.45) is 8.58. The van der Waals surface area contributed by atoms with Crippen LogP contribution in [0.1, 0.15) is 13.8 Å². The SMILES string of the molecule is C=C1NNC2=C1C=CC(C)(C)C=C2. The van der Waals surface area contributed by atoms with Gasteiger partial charge in [0.1, 0.15) is 0 Å². The van der Waals surface area contributed by atoms with Crippen LogP contribution in [-0.4, -0.2) is 0 Å². The molecule has 0 radical (unpaired) electrons. The lowest BCUT2D eigenvalue weighted by Gasteiger charge is -2.13. The second kappa shape index (κ2) is 2.52. The molecule has 0 aromatic rings. The van der Waals surface area contributed by atoms with E-state index in [0.29, 0.717) is 0 Å². The van der Waals surface area contributed by atoms with Crippen molar-refractivity contribution in [2.45, 2.75) is 13.8 Å². The van der Waals surface area contributed by atoms with Gasteiger partial charge in [0.2, 0.25) is 0 Å². The number of nitrogens with one attached hydrogen (secondary N) is 2. The number of hydrogen-bond acceptors (Lipinski definition) is 2. The first-order chi connectivity index (χ1) is 6.08. The molecule has 1 aliphatic carbocycles. The van der Waals surface area contributed by atoms with Crippen molar-refractivity contribution in [3.05, 3.63) is 47.9 Å². The van der Waals surface area contributed by atoms with Crippen molar-refractivity contribution in [1.82, 2.24) is 10.9 Å². The molecule has 0 aromatic carbocycles. The van der Waals surface area contributed by atoms with E-state index >= 15 is 0 Å². The average Bonchev–Trinajstić information content (AvgIpc) is 2.32. The second-order valence-electron chi connectivity index (χ2n) is 4.04. The summed E-state index contributed by atoms with van der Waals surface area (Å²) in [7, 11) is 0. The third-order valence-corrected chi connectivity index (χ3v) is 2.32. The molecule has 0 atom stereocenters. The molecule has 0 amide bonds. The van der Waals surface area contributed by atoms with E-state index in [1.807, 2.05) is 0 Å². The van der Waals surface area contributed by atoms with Gasteiger partial charge in [-0.3, -0.25) is 0 Å². The van der Waals surface area contributed by atoms with Gasteiger partial charge in [-0.15, -0.1) is 0 Å². The lowest BCUT2D eigenvalue weighted by molar-refractivity contribution is 0.624. The zero-order chi connectivity index (χ0) is 9.47. The minimum absolute atomic E-state index is 0.131. The Morgan fingerprint density at radius 1 is 1.15 bits per heavy atom. The monoisotopic (exact) mass is 174 g/mol. The Kier molecular flexibility index (Phi) is 1.59. The second-order valence-corrected chi connectivity index (χ2v) is 4.04. The Labute approximate surface area is 78.7 Å². The maximum absolute atomic E-state index is 3.91. The van der Waals surface area contributed by atoms with Gasteiger partial charge in [0.25, 0.3) is 0 Å². The first-order valence-electron chi connectivity index (χ1n) is 4.42. The number of hydrogen-bond donors (Lipinski definition) is 2. The maximum atomic E-state index is 3.91. The molecule has 2 N–H and O–H groups in total. The summed E-state index contributed by atoms with van der Waals surface area (Å²) in [5.74, 6) is 0. The largest absolute Gasteiger partial charge is 0.301 e. The lowest BCUT2D eigenvalue weighted by Crippen LogP contribution is -2.21. The molecule has 68 valence electrons. The summed E-state index contributed by atoms with van der Waals surface area (Å²) in [6, 6.07) is 0. The van der Waals surface area contributed by atoms with E-state index in [1.165, 1.54) is 0 Å². The van der Waals surface area contributed by atoms with Crippen molar-refractivity contribution in [2.24, 2.45) is 5.41 Å². The molecule has 0 aromatic heterocycles. The molecule has 0 bridgehead atoms. The smallest absolute Gasteiger partial charge is 0.0630 e. The van der Waals surface area contributed by atoms with Crippen molar-refractivity contribution in [2.75, 3.05) is 0 Å². The van der Waals surface area contributed by atoms with Gasteiger partial charge >= 0.3 is 0 Å². The van der Waals surface area contributed by atoms with Crippen LogP contribution in [0.5, 0.6) is 0 Å². The number of rotatable bonds is 0. The summed E-state index contributed by atoms with van der Waals surface area (Å²) in [6.45, 7) is 8.27. The molecular formula is C11H14N2. The zero-order valence-electron chi connectivity index (χ0n) is 8.02. The van der Waals surface area contributed by atoms with Crippen LogP contribution < -0.4 is 10.9 Å². The average molecular weight is 174 g/mol. The van der Waals surface area contributed by atoms with E-state index in [4.69, 9.17) is 0 Å². The molecule has 0 saturated heterocycles. The van der Waals surface area contributed by atoms with Gasteiger partial charge in [-0.25, -0.2) is 0 Å². The Hall–Kier alpha value is -1.44. The predicted molar refractivity (Wildman–Crippen MR) is 54.5 cm³/mol. The molecule has 1 aliphatic heterocycles. The van der Waals surface area contributed by atoms with Crippen LogP contribution in [0.3, 0.4) is 0 Å². The van der Waals surface area contributed by atoms with Crippen LogP contribution in [0.15, 0.2) is 47.9 Å². The standard InChI is InChI=1S/C11H14N2/c1-8-9-4-6-11(2,3)7-5-10(9)13-12-8/h4-7,12-13H,1H2,2-3H3. The van der Waals surface area contributed by atoms with Crippen LogP contribution in [0.25, 0.3) is 0 Å². The van der Waals surface area contributed by atoms with Crippen molar-refractivity contribution >= 4 is 0 Å². The predicted octanol–water partition coefficient (Wildman–Crippen LogP) is 2.01. The maximum Gasteiger partial charge on any atom is 0.0630 e. The molecule has 2 aliphatic rings. The van der Waals surface area contributed by atoms with Crippen LogP contribution in [0.2, 0.25) is 0 Å². The molecule has 2 nitrogen and oxygen atoms in total. The van der Waals surface area contributed by atoms with Crippen molar-refractivity contribution < 1.29 is 0 Å². The van der Waals surface area contributed by atoms with E-state index in [9.17, 15) is 0 Å². The molecule has 2 rings (SSSR count). The third-order valence-electron chi connectivity index (χ3n) is 2.32. The molecule has 0 unspecified atom stereocenters. The van der Waals surface area contributed by atoms with Gasteiger partial charge in [0.05, 0.1) is 11.4 Å². The molecule has 13 heavy (non-hydrogen) atoms. The fraction of sp³-hybridized carbons (Fsp3) is 0.273. The summed E-state index contributed by atoms with van der Waals surface area (Å²) in [4.78, 5) is 0. The van der Waals surface area contributed by atoms with Gasteiger partial charge in [-0.1, -0.05) is 38.7 Å². The van der Waals surface area contributed by atoms with Gasteiger partial charge in [-0.05, 0) is 6.08 Å². The van der Waals surface area contributed by atoms with Crippen LogP contribution in [0, 0.1) is 5.41 Å². The van der Waals surface area contributed by atoms with Crippen LogP contribution in [-0.2, 0) is 0 Å². The van der Waals surface area contributed by atoms with Crippen molar-refractivity contribution in [3.8, 4) is 0 Å². The first-order valence-corrected chi connectivity index (χ1v) is 4.42. The summed E-state index contributed by atoms with van der Waals surface area (Å²) in [5.41, 5.74) is 9.40. The van der Waals surface area contributed by atoms with Gasteiger partial charge in [0, 0.05) is 11.0 Å². The topological polar surface area (TPSA) is 24.1 Å². The molecular weight excluding hydrogens is 160 g/mol. The highest BCUT2D eigenvalue weighted by Crippen LogP contribution is 2.28. The number of allylic oxidation sites excluding steroid dienone is 4. The zero-order valence-corrected chi connectivity index (χ0v) is 8.02. The van der Waals surface area contributed by atoms with E-state index in [2.05, 4.69) is 55.6 Å². The summed E-state index contributed by atoms with van der Waals surface area (Å²) < 4.78 is 0. The Balaban J connectivity index is 2.42. The highest BCUT2D eigenvalue weighted by Gasteiger charge is 2.18. The summed E-state index contributed by atoms with van der Waals surface area (Å²) in [5, 5.41) is 0. The fourth-order valence-electron chi connectivity index (χ4n) is 1.41. The summed E-state index contributed by atoms with van der Waals surface area (Å²) >= 11 is 0. The lowest BCUT2D eigenvalue weighted by atomic mass is 9.93. The molecule has 0 saturated carbocycles. The van der Waals surface area contributed by atoms with Crippen molar-refractivity contribution in [3.63, 3.8) is 0 Å². The molecule has 2 heteroatoms. The Morgan fingerprint density at radius 2 is 1.85 bits per heavy atom. The number of hydrazine groups is 1. The highest BCUT2D eigenvalue weighted by atomic mass is 15.4. The van der Waals surface area contributed by atoms with E-state index in [0.717, 1.165) is 17.0 Å².